The van der Waals surface area contributed by atoms with Crippen molar-refractivity contribution in [2.75, 3.05) is 6.61 Å². The Morgan fingerprint density at radius 3 is 3.00 bits per heavy atom. The number of thiophene rings is 1. The van der Waals surface area contributed by atoms with E-state index >= 15 is 0 Å². The molecule has 0 fully saturated rings. The van der Waals surface area contributed by atoms with Gasteiger partial charge in [0.2, 0.25) is 0 Å². The van der Waals surface area contributed by atoms with Crippen molar-refractivity contribution in [3.8, 4) is 11.8 Å². The zero-order chi connectivity index (χ0) is 11.1. The molecule has 0 saturated carbocycles. The fourth-order valence-corrected chi connectivity index (χ4v) is 2.75. The van der Waals surface area contributed by atoms with Crippen LogP contribution in [0.1, 0.15) is 30.7 Å². The maximum atomic E-state index is 8.64. The average molecular weight is 240 g/mol. The van der Waals surface area contributed by atoms with Gasteiger partial charge in [-0.2, -0.15) is 11.8 Å². The first-order valence-corrected chi connectivity index (χ1v) is 6.94. The van der Waals surface area contributed by atoms with Gasteiger partial charge in [-0.1, -0.05) is 25.7 Å². The molecule has 82 valence electrons. The monoisotopic (exact) mass is 240 g/mol. The summed E-state index contributed by atoms with van der Waals surface area (Å²) in [5, 5.41) is 11.4. The van der Waals surface area contributed by atoms with Crippen molar-refractivity contribution in [1.82, 2.24) is 0 Å². The van der Waals surface area contributed by atoms with Crippen molar-refractivity contribution >= 4 is 23.1 Å². The lowest BCUT2D eigenvalue weighted by Gasteiger charge is -2.02. The van der Waals surface area contributed by atoms with Crippen molar-refractivity contribution < 1.29 is 5.11 Å². The molecule has 1 nitrogen and oxygen atoms in total. The lowest BCUT2D eigenvalue weighted by molar-refractivity contribution is 0.305. The molecule has 0 aliphatic heterocycles. The van der Waals surface area contributed by atoms with E-state index in [-0.39, 0.29) is 6.61 Å². The Kier molecular flexibility index (Phi) is 5.85. The highest BCUT2D eigenvalue weighted by Crippen LogP contribution is 2.24. The fourth-order valence-electron chi connectivity index (χ4n) is 1.02. The third kappa shape index (κ3) is 4.74. The lowest BCUT2D eigenvalue weighted by atomic mass is 10.2. The highest BCUT2D eigenvalue weighted by atomic mass is 32.2. The van der Waals surface area contributed by atoms with E-state index in [2.05, 4.69) is 37.1 Å². The summed E-state index contributed by atoms with van der Waals surface area (Å²) in [4.78, 5) is 1.35. The van der Waals surface area contributed by atoms with Gasteiger partial charge in [-0.15, -0.1) is 11.3 Å². The third-order valence-electron chi connectivity index (χ3n) is 1.75. The zero-order valence-corrected chi connectivity index (χ0v) is 10.8. The first-order valence-electron chi connectivity index (χ1n) is 5.01. The van der Waals surface area contributed by atoms with Gasteiger partial charge in [-0.05, 0) is 16.7 Å². The van der Waals surface area contributed by atoms with Gasteiger partial charge < -0.3 is 5.11 Å². The second-order valence-electron chi connectivity index (χ2n) is 3.39. The van der Waals surface area contributed by atoms with Crippen LogP contribution < -0.4 is 0 Å². The summed E-state index contributed by atoms with van der Waals surface area (Å²) in [6.07, 6.45) is 0.562. The molecule has 15 heavy (non-hydrogen) atoms. The van der Waals surface area contributed by atoms with E-state index in [0.29, 0.717) is 11.7 Å². The van der Waals surface area contributed by atoms with Gasteiger partial charge in [0.15, 0.2) is 0 Å². The highest BCUT2D eigenvalue weighted by Gasteiger charge is 2.03. The van der Waals surface area contributed by atoms with Crippen LogP contribution >= 0.6 is 23.1 Å². The van der Waals surface area contributed by atoms with Crippen molar-refractivity contribution in [1.29, 1.82) is 0 Å². The molecule has 0 aliphatic carbocycles. The SMILES string of the molecule is CC(C)SCc1sccc1C#CCCO. The van der Waals surface area contributed by atoms with Crippen LogP contribution in [0.4, 0.5) is 0 Å². The summed E-state index contributed by atoms with van der Waals surface area (Å²) >= 11 is 3.70. The Balaban J connectivity index is 2.58. The standard InChI is InChI=1S/C12H16OS2/c1-10(2)15-9-12-11(6-8-14-12)5-3-4-7-13/h6,8,10,13H,4,7,9H2,1-2H3. The van der Waals surface area contributed by atoms with E-state index in [0.717, 1.165) is 11.3 Å². The van der Waals surface area contributed by atoms with E-state index in [1.54, 1.807) is 11.3 Å². The van der Waals surface area contributed by atoms with Gasteiger partial charge in [-0.25, -0.2) is 0 Å². The Bertz CT molecular complexity index is 344. The molecule has 1 aromatic rings. The molecule has 0 saturated heterocycles. The van der Waals surface area contributed by atoms with Crippen LogP contribution in [0.25, 0.3) is 0 Å². The average Bonchev–Trinajstić information content (AvgIpc) is 2.63. The third-order valence-corrected chi connectivity index (χ3v) is 3.98. The molecule has 1 rings (SSSR count). The topological polar surface area (TPSA) is 20.2 Å². The number of aliphatic hydroxyl groups is 1. The number of hydrogen-bond donors (Lipinski definition) is 1. The number of aliphatic hydroxyl groups excluding tert-OH is 1. The minimum absolute atomic E-state index is 0.146. The normalized spacial score (nSPS) is 10.1. The van der Waals surface area contributed by atoms with Gasteiger partial charge in [0.25, 0.3) is 0 Å². The molecule has 0 unspecified atom stereocenters. The van der Waals surface area contributed by atoms with E-state index < -0.39 is 0 Å². The van der Waals surface area contributed by atoms with Gasteiger partial charge in [0.05, 0.1) is 6.61 Å². The largest absolute Gasteiger partial charge is 0.395 e. The smallest absolute Gasteiger partial charge is 0.0540 e. The fraction of sp³-hybridized carbons (Fsp3) is 0.500. The van der Waals surface area contributed by atoms with Crippen LogP contribution in [0.15, 0.2) is 11.4 Å². The summed E-state index contributed by atoms with van der Waals surface area (Å²) in [6.45, 7) is 4.55. The van der Waals surface area contributed by atoms with Gasteiger partial charge in [0.1, 0.15) is 0 Å². The summed E-state index contributed by atoms with van der Waals surface area (Å²) in [5.41, 5.74) is 1.13. The Morgan fingerprint density at radius 1 is 1.53 bits per heavy atom. The summed E-state index contributed by atoms with van der Waals surface area (Å²) < 4.78 is 0. The minimum atomic E-state index is 0.146. The van der Waals surface area contributed by atoms with Crippen LogP contribution in [0.2, 0.25) is 0 Å². The molecule has 0 bridgehead atoms. The van der Waals surface area contributed by atoms with Crippen LogP contribution in [0.3, 0.4) is 0 Å². The summed E-state index contributed by atoms with van der Waals surface area (Å²) in [6, 6.07) is 2.06. The minimum Gasteiger partial charge on any atom is -0.395 e. The first-order chi connectivity index (χ1) is 7.24. The molecule has 0 atom stereocenters. The van der Waals surface area contributed by atoms with Crippen molar-refractivity contribution in [2.24, 2.45) is 0 Å². The quantitative estimate of drug-likeness (QED) is 0.816. The maximum absolute atomic E-state index is 8.64. The summed E-state index contributed by atoms with van der Waals surface area (Å²) in [7, 11) is 0. The number of thioether (sulfide) groups is 1. The zero-order valence-electron chi connectivity index (χ0n) is 9.12. The van der Waals surface area contributed by atoms with Crippen molar-refractivity contribution in [3.05, 3.63) is 21.9 Å². The number of rotatable bonds is 4. The first kappa shape index (κ1) is 12.6. The molecule has 0 amide bonds. The Labute approximate surface area is 99.9 Å². The molecular weight excluding hydrogens is 224 g/mol. The molecule has 0 aliphatic rings. The second kappa shape index (κ2) is 6.95. The lowest BCUT2D eigenvalue weighted by Crippen LogP contribution is -1.88. The van der Waals surface area contributed by atoms with Gasteiger partial charge >= 0.3 is 0 Å². The molecular formula is C12H16OS2. The molecule has 3 heteroatoms. The van der Waals surface area contributed by atoms with E-state index in [1.807, 2.05) is 11.8 Å². The van der Waals surface area contributed by atoms with E-state index in [1.165, 1.54) is 4.88 Å². The van der Waals surface area contributed by atoms with Crippen LogP contribution in [0, 0.1) is 11.8 Å². The predicted octanol–water partition coefficient (Wildman–Crippen LogP) is 3.12. The Morgan fingerprint density at radius 2 is 2.33 bits per heavy atom. The molecule has 0 spiro atoms. The molecule has 0 aromatic carbocycles. The molecule has 1 aromatic heterocycles. The second-order valence-corrected chi connectivity index (χ2v) is 5.96. The maximum Gasteiger partial charge on any atom is 0.0540 e. The molecule has 1 N–H and O–H groups in total. The van der Waals surface area contributed by atoms with E-state index in [9.17, 15) is 0 Å². The predicted molar refractivity (Wildman–Crippen MR) is 69.3 cm³/mol. The molecule has 0 radical (unpaired) electrons. The van der Waals surface area contributed by atoms with Crippen molar-refractivity contribution in [2.45, 2.75) is 31.3 Å². The summed E-state index contributed by atoms with van der Waals surface area (Å²) in [5.74, 6) is 7.11. The number of hydrogen-bond acceptors (Lipinski definition) is 3. The Hall–Kier alpha value is -0.430. The van der Waals surface area contributed by atoms with Crippen molar-refractivity contribution in [3.63, 3.8) is 0 Å². The van der Waals surface area contributed by atoms with Gasteiger partial charge in [0, 0.05) is 22.6 Å². The molecule has 1 heterocycles. The van der Waals surface area contributed by atoms with E-state index in [4.69, 9.17) is 5.11 Å². The van der Waals surface area contributed by atoms with Crippen LogP contribution in [0.5, 0.6) is 0 Å². The van der Waals surface area contributed by atoms with Crippen LogP contribution in [-0.2, 0) is 5.75 Å². The van der Waals surface area contributed by atoms with Crippen LogP contribution in [-0.4, -0.2) is 17.0 Å². The highest BCUT2D eigenvalue weighted by molar-refractivity contribution is 7.99. The van der Waals surface area contributed by atoms with Gasteiger partial charge in [-0.3, -0.25) is 0 Å².